The van der Waals surface area contributed by atoms with Crippen molar-refractivity contribution in [2.75, 3.05) is 0 Å². The van der Waals surface area contributed by atoms with Gasteiger partial charge in [0, 0.05) is 0 Å². The van der Waals surface area contributed by atoms with E-state index < -0.39 is 0 Å². The van der Waals surface area contributed by atoms with Gasteiger partial charge in [-0.25, -0.2) is 4.39 Å². The number of halogens is 2. The lowest BCUT2D eigenvalue weighted by Gasteiger charge is -1.99. The SMILES string of the molecule is Cl.O=C(/C=C/c1ccc(F)cc1)c1ccccc1O. The van der Waals surface area contributed by atoms with Crippen molar-refractivity contribution in [1.29, 1.82) is 0 Å². The van der Waals surface area contributed by atoms with Gasteiger partial charge in [0.05, 0.1) is 5.56 Å². The van der Waals surface area contributed by atoms with Crippen molar-refractivity contribution in [3.8, 4) is 5.75 Å². The Balaban J connectivity index is 0.00000180. The second-order valence-corrected chi connectivity index (χ2v) is 3.77. The summed E-state index contributed by atoms with van der Waals surface area (Å²) in [5.74, 6) is -0.664. The molecule has 0 radical (unpaired) electrons. The van der Waals surface area contributed by atoms with Crippen LogP contribution in [-0.2, 0) is 0 Å². The van der Waals surface area contributed by atoms with Crippen LogP contribution in [0.1, 0.15) is 15.9 Å². The number of hydrogen-bond acceptors (Lipinski definition) is 2. The number of phenols is 1. The molecule has 2 rings (SSSR count). The second kappa shape index (κ2) is 6.71. The highest BCUT2D eigenvalue weighted by Gasteiger charge is 2.06. The van der Waals surface area contributed by atoms with E-state index in [1.54, 1.807) is 36.4 Å². The average molecular weight is 279 g/mol. The quantitative estimate of drug-likeness (QED) is 0.684. The van der Waals surface area contributed by atoms with E-state index in [1.807, 2.05) is 0 Å². The summed E-state index contributed by atoms with van der Waals surface area (Å²) in [7, 11) is 0. The van der Waals surface area contributed by atoms with Crippen LogP contribution in [0, 0.1) is 5.82 Å². The molecule has 0 saturated carbocycles. The van der Waals surface area contributed by atoms with Gasteiger partial charge in [-0.15, -0.1) is 12.4 Å². The summed E-state index contributed by atoms with van der Waals surface area (Å²) in [6.45, 7) is 0. The molecule has 0 aromatic heterocycles. The standard InChI is InChI=1S/C15H11FO2.ClH/c16-12-8-5-11(6-9-12)7-10-15(18)13-3-1-2-4-14(13)17;/h1-10,17H;1H/b10-7+;. The summed E-state index contributed by atoms with van der Waals surface area (Å²) >= 11 is 0. The summed E-state index contributed by atoms with van der Waals surface area (Å²) in [5, 5.41) is 9.51. The predicted octanol–water partition coefficient (Wildman–Crippen LogP) is 3.85. The molecule has 4 heteroatoms. The summed E-state index contributed by atoms with van der Waals surface area (Å²) in [4.78, 5) is 11.8. The third-order valence-corrected chi connectivity index (χ3v) is 2.47. The Morgan fingerprint density at radius 1 is 1.05 bits per heavy atom. The van der Waals surface area contributed by atoms with E-state index in [0.717, 1.165) is 5.56 Å². The van der Waals surface area contributed by atoms with Crippen LogP contribution in [0.15, 0.2) is 54.6 Å². The highest BCUT2D eigenvalue weighted by Crippen LogP contribution is 2.17. The van der Waals surface area contributed by atoms with Crippen LogP contribution in [0.25, 0.3) is 6.08 Å². The number of benzene rings is 2. The van der Waals surface area contributed by atoms with Crippen LogP contribution >= 0.6 is 12.4 Å². The zero-order chi connectivity index (χ0) is 13.0. The minimum absolute atomic E-state index is 0. The number of aromatic hydroxyl groups is 1. The van der Waals surface area contributed by atoms with Gasteiger partial charge in [0.25, 0.3) is 0 Å². The number of rotatable bonds is 3. The minimum Gasteiger partial charge on any atom is -0.507 e. The van der Waals surface area contributed by atoms with Crippen molar-refractivity contribution in [3.63, 3.8) is 0 Å². The van der Waals surface area contributed by atoms with Gasteiger partial charge >= 0.3 is 0 Å². The number of carbonyl (C=O) groups excluding carboxylic acids is 1. The van der Waals surface area contributed by atoms with Crippen molar-refractivity contribution in [3.05, 3.63) is 71.6 Å². The topological polar surface area (TPSA) is 37.3 Å². The number of ketones is 1. The normalized spacial score (nSPS) is 10.2. The van der Waals surface area contributed by atoms with Crippen molar-refractivity contribution in [2.24, 2.45) is 0 Å². The van der Waals surface area contributed by atoms with Gasteiger partial charge in [0.15, 0.2) is 5.78 Å². The molecule has 0 aliphatic carbocycles. The lowest BCUT2D eigenvalue weighted by Crippen LogP contribution is -1.94. The molecule has 0 aliphatic rings. The molecule has 2 aromatic rings. The van der Waals surface area contributed by atoms with Gasteiger partial charge in [0.1, 0.15) is 11.6 Å². The Kier molecular flexibility index (Phi) is 5.27. The van der Waals surface area contributed by atoms with E-state index in [-0.39, 0.29) is 35.3 Å². The maximum Gasteiger partial charge on any atom is 0.189 e. The largest absolute Gasteiger partial charge is 0.507 e. The van der Waals surface area contributed by atoms with Gasteiger partial charge in [-0.3, -0.25) is 4.79 Å². The fraction of sp³-hybridized carbons (Fsp3) is 0. The van der Waals surface area contributed by atoms with Crippen LogP contribution in [0.3, 0.4) is 0 Å². The fourth-order valence-electron chi connectivity index (χ4n) is 1.52. The van der Waals surface area contributed by atoms with Gasteiger partial charge < -0.3 is 5.11 Å². The molecule has 0 bridgehead atoms. The molecule has 0 fully saturated rings. The molecule has 0 amide bonds. The molecule has 0 unspecified atom stereocenters. The van der Waals surface area contributed by atoms with E-state index in [4.69, 9.17) is 0 Å². The Morgan fingerprint density at radius 3 is 2.32 bits per heavy atom. The third-order valence-electron chi connectivity index (χ3n) is 2.47. The van der Waals surface area contributed by atoms with Crippen molar-refractivity contribution in [1.82, 2.24) is 0 Å². The Hall–Kier alpha value is -2.13. The summed E-state index contributed by atoms with van der Waals surface area (Å²) < 4.78 is 12.7. The fourth-order valence-corrected chi connectivity index (χ4v) is 1.52. The molecule has 2 aromatic carbocycles. The number of hydrogen-bond donors (Lipinski definition) is 1. The van der Waals surface area contributed by atoms with Crippen LogP contribution in [0.2, 0.25) is 0 Å². The number of carbonyl (C=O) groups is 1. The molecule has 98 valence electrons. The van der Waals surface area contributed by atoms with Crippen LogP contribution in [-0.4, -0.2) is 10.9 Å². The lowest BCUT2D eigenvalue weighted by molar-refractivity contribution is 0.104. The molecule has 0 saturated heterocycles. The Bertz CT molecular complexity index is 591. The van der Waals surface area contributed by atoms with E-state index >= 15 is 0 Å². The molecule has 0 aliphatic heterocycles. The Labute approximate surface area is 116 Å². The maximum atomic E-state index is 12.7. The predicted molar refractivity (Wildman–Crippen MR) is 75.1 cm³/mol. The molecule has 0 spiro atoms. The Morgan fingerprint density at radius 2 is 1.68 bits per heavy atom. The number of para-hydroxylation sites is 1. The zero-order valence-electron chi connectivity index (χ0n) is 9.92. The first-order chi connectivity index (χ1) is 8.66. The monoisotopic (exact) mass is 278 g/mol. The van der Waals surface area contributed by atoms with E-state index in [9.17, 15) is 14.3 Å². The van der Waals surface area contributed by atoms with E-state index in [2.05, 4.69) is 0 Å². The molecule has 0 heterocycles. The van der Waals surface area contributed by atoms with E-state index in [1.165, 1.54) is 24.3 Å². The van der Waals surface area contributed by atoms with Crippen LogP contribution in [0.5, 0.6) is 5.75 Å². The molecular formula is C15H12ClFO2. The lowest BCUT2D eigenvalue weighted by atomic mass is 10.1. The molecule has 2 nitrogen and oxygen atoms in total. The zero-order valence-corrected chi connectivity index (χ0v) is 10.7. The summed E-state index contributed by atoms with van der Waals surface area (Å²) in [6.07, 6.45) is 2.93. The maximum absolute atomic E-state index is 12.7. The third kappa shape index (κ3) is 3.93. The summed E-state index contributed by atoms with van der Waals surface area (Å²) in [5.41, 5.74) is 0.969. The highest BCUT2D eigenvalue weighted by molar-refractivity contribution is 6.08. The van der Waals surface area contributed by atoms with Gasteiger partial charge in [-0.1, -0.05) is 30.3 Å². The van der Waals surface area contributed by atoms with Crippen molar-refractivity contribution < 1.29 is 14.3 Å². The van der Waals surface area contributed by atoms with Gasteiger partial charge in [-0.2, -0.15) is 0 Å². The van der Waals surface area contributed by atoms with Crippen molar-refractivity contribution in [2.45, 2.75) is 0 Å². The molecule has 0 atom stereocenters. The first kappa shape index (κ1) is 14.9. The molecule has 1 N–H and O–H groups in total. The van der Waals surface area contributed by atoms with Gasteiger partial charge in [0.2, 0.25) is 0 Å². The first-order valence-corrected chi connectivity index (χ1v) is 5.43. The summed E-state index contributed by atoms with van der Waals surface area (Å²) in [6, 6.07) is 12.1. The van der Waals surface area contributed by atoms with Crippen LogP contribution in [0.4, 0.5) is 4.39 Å². The second-order valence-electron chi connectivity index (χ2n) is 3.77. The molecular weight excluding hydrogens is 267 g/mol. The first-order valence-electron chi connectivity index (χ1n) is 5.43. The molecule has 19 heavy (non-hydrogen) atoms. The van der Waals surface area contributed by atoms with Crippen molar-refractivity contribution >= 4 is 24.3 Å². The van der Waals surface area contributed by atoms with E-state index in [0.29, 0.717) is 0 Å². The van der Waals surface area contributed by atoms with Crippen LogP contribution < -0.4 is 0 Å². The number of allylic oxidation sites excluding steroid dienone is 1. The minimum atomic E-state index is -0.320. The highest BCUT2D eigenvalue weighted by atomic mass is 35.5. The average Bonchev–Trinajstić information content (AvgIpc) is 2.38. The van der Waals surface area contributed by atoms with Gasteiger partial charge in [-0.05, 0) is 35.9 Å². The smallest absolute Gasteiger partial charge is 0.189 e. The number of phenolic OH excluding ortho intramolecular Hbond substituents is 1.